The minimum absolute atomic E-state index is 0.0147. The molecular weight excluding hydrogens is 515 g/mol. The van der Waals surface area contributed by atoms with E-state index in [2.05, 4.69) is 15.6 Å². The number of anilines is 1. The monoisotopic (exact) mass is 545 g/mol. The van der Waals surface area contributed by atoms with Gasteiger partial charge < -0.3 is 20.3 Å². The Morgan fingerprint density at radius 1 is 1.13 bits per heavy atom. The van der Waals surface area contributed by atoms with Crippen molar-refractivity contribution in [2.75, 3.05) is 11.9 Å². The maximum absolute atomic E-state index is 13.6. The molecule has 8 nitrogen and oxygen atoms in total. The van der Waals surface area contributed by atoms with Crippen LogP contribution in [0.3, 0.4) is 0 Å². The fraction of sp³-hybridized carbons (Fsp3) is 0.321. The van der Waals surface area contributed by atoms with Crippen molar-refractivity contribution in [3.8, 4) is 5.75 Å². The molecule has 1 aromatic heterocycles. The molecule has 2 amide bonds. The topological polar surface area (TPSA) is 121 Å². The number of benzene rings is 2. The van der Waals surface area contributed by atoms with E-state index in [1.54, 1.807) is 12.3 Å². The van der Waals surface area contributed by atoms with Crippen LogP contribution < -0.4 is 10.6 Å². The van der Waals surface area contributed by atoms with Crippen LogP contribution in [-0.2, 0) is 16.1 Å². The van der Waals surface area contributed by atoms with Crippen LogP contribution in [0.1, 0.15) is 32.3 Å². The third kappa shape index (κ3) is 9.29. The smallest absolute Gasteiger partial charge is 0.412 e. The van der Waals surface area contributed by atoms with Gasteiger partial charge in [-0.15, -0.1) is 0 Å². The number of carbonyl (C=O) groups is 2. The van der Waals surface area contributed by atoms with Crippen molar-refractivity contribution in [3.63, 3.8) is 0 Å². The summed E-state index contributed by atoms with van der Waals surface area (Å²) in [6.07, 6.45) is -1.82. The van der Waals surface area contributed by atoms with Gasteiger partial charge in [0.2, 0.25) is 12.3 Å². The summed E-state index contributed by atoms with van der Waals surface area (Å²) in [6, 6.07) is 12.8. The molecule has 3 aromatic rings. The molecule has 11 heteroatoms. The fourth-order valence-corrected chi connectivity index (χ4v) is 3.96. The number of nitrogens with zero attached hydrogens (tertiary/aromatic N) is 1. The lowest BCUT2D eigenvalue weighted by molar-refractivity contribution is -0.118. The van der Waals surface area contributed by atoms with Crippen molar-refractivity contribution in [2.45, 2.75) is 45.3 Å². The molecule has 0 aliphatic heterocycles. The summed E-state index contributed by atoms with van der Waals surface area (Å²) >= 11 is 0. The Bertz CT molecular complexity index is 1340. The zero-order chi connectivity index (χ0) is 28.6. The van der Waals surface area contributed by atoms with Crippen LogP contribution in [0.2, 0.25) is 0 Å². The lowest BCUT2D eigenvalue weighted by Crippen LogP contribution is -2.29. The number of aliphatic hydroxyl groups is 1. The number of amides is 2. The summed E-state index contributed by atoms with van der Waals surface area (Å²) in [5.74, 6) is -2.97. The Labute approximate surface area is 223 Å². The third-order valence-electron chi connectivity index (χ3n) is 5.66. The average Bonchev–Trinajstić information content (AvgIpc) is 2.86. The molecular formula is C28H30F3N3O5. The van der Waals surface area contributed by atoms with Gasteiger partial charge in [-0.25, -0.2) is 22.9 Å². The van der Waals surface area contributed by atoms with Crippen LogP contribution in [0.5, 0.6) is 5.75 Å². The standard InChI is InChI=1S/C28H30F3N3O5/c1-28(2,38)13-17(16-39-27(37)34-24-12-18-6-3-4-7-19(18)14-32-24)10-21(11-23(30)31)26(36)33-15-20-8-5-9-22(29)25(20)35/h3-10,12,14,17,23,35,38H,11,13,15-16H2,1-2H3,(H,33,36)(H,32,34,37)/t17-/m0/s1. The summed E-state index contributed by atoms with van der Waals surface area (Å²) < 4.78 is 45.5. The van der Waals surface area contributed by atoms with Crippen molar-refractivity contribution in [2.24, 2.45) is 5.92 Å². The Balaban J connectivity index is 1.71. The SMILES string of the molecule is CC(C)(O)C[C@H](C=C(CC(F)F)C(=O)NCc1cccc(F)c1O)COC(=O)Nc1cc2ccccc2cn1. The number of pyridine rings is 1. The molecule has 0 aliphatic carbocycles. The summed E-state index contributed by atoms with van der Waals surface area (Å²) in [5.41, 5.74) is -1.52. The van der Waals surface area contributed by atoms with Gasteiger partial charge in [-0.3, -0.25) is 10.1 Å². The Hall–Kier alpha value is -4.12. The van der Waals surface area contributed by atoms with Crippen molar-refractivity contribution < 1.29 is 37.7 Å². The number of fused-ring (bicyclic) bond motifs is 1. The molecule has 208 valence electrons. The van der Waals surface area contributed by atoms with E-state index >= 15 is 0 Å². The molecule has 1 atom stereocenters. The van der Waals surface area contributed by atoms with E-state index in [9.17, 15) is 33.0 Å². The lowest BCUT2D eigenvalue weighted by Gasteiger charge is -2.23. The van der Waals surface area contributed by atoms with E-state index in [0.717, 1.165) is 16.8 Å². The van der Waals surface area contributed by atoms with Gasteiger partial charge in [0.25, 0.3) is 0 Å². The van der Waals surface area contributed by atoms with Crippen molar-refractivity contribution in [1.82, 2.24) is 10.3 Å². The van der Waals surface area contributed by atoms with Gasteiger partial charge in [0.05, 0.1) is 12.2 Å². The van der Waals surface area contributed by atoms with Crippen LogP contribution in [0.25, 0.3) is 10.8 Å². The number of rotatable bonds is 11. The quantitative estimate of drug-likeness (QED) is 0.243. The van der Waals surface area contributed by atoms with Crippen molar-refractivity contribution in [3.05, 3.63) is 77.8 Å². The summed E-state index contributed by atoms with van der Waals surface area (Å²) in [4.78, 5) is 29.3. The molecule has 2 aromatic carbocycles. The molecule has 1 heterocycles. The Morgan fingerprint density at radius 3 is 2.54 bits per heavy atom. The van der Waals surface area contributed by atoms with Gasteiger partial charge in [-0.2, -0.15) is 0 Å². The predicted molar refractivity (Wildman–Crippen MR) is 140 cm³/mol. The van der Waals surface area contributed by atoms with Gasteiger partial charge >= 0.3 is 6.09 Å². The average molecular weight is 546 g/mol. The highest BCUT2D eigenvalue weighted by atomic mass is 19.3. The summed E-state index contributed by atoms with van der Waals surface area (Å²) in [6.45, 7) is 2.35. The number of para-hydroxylation sites is 1. The molecule has 3 rings (SSSR count). The number of carbonyl (C=O) groups excluding carboxylic acids is 2. The normalized spacial score (nSPS) is 12.8. The third-order valence-corrected chi connectivity index (χ3v) is 5.66. The zero-order valence-electron chi connectivity index (χ0n) is 21.5. The van der Waals surface area contributed by atoms with E-state index in [0.29, 0.717) is 0 Å². The minimum atomic E-state index is -2.87. The second-order valence-corrected chi connectivity index (χ2v) is 9.63. The lowest BCUT2D eigenvalue weighted by atomic mass is 9.91. The second-order valence-electron chi connectivity index (χ2n) is 9.63. The van der Waals surface area contributed by atoms with Gasteiger partial charge in [0.15, 0.2) is 11.6 Å². The first kappa shape index (κ1) is 29.4. The molecule has 0 aliphatic rings. The van der Waals surface area contributed by atoms with Crippen molar-refractivity contribution >= 4 is 28.6 Å². The van der Waals surface area contributed by atoms with Crippen LogP contribution in [0, 0.1) is 11.7 Å². The Kier molecular flexibility index (Phi) is 9.89. The maximum Gasteiger partial charge on any atom is 0.412 e. The Morgan fingerprint density at radius 2 is 1.85 bits per heavy atom. The van der Waals surface area contributed by atoms with E-state index in [-0.39, 0.29) is 36.5 Å². The summed E-state index contributed by atoms with van der Waals surface area (Å²) in [7, 11) is 0. The van der Waals surface area contributed by atoms with Crippen LogP contribution in [0.4, 0.5) is 23.8 Å². The number of hydrogen-bond donors (Lipinski definition) is 4. The maximum atomic E-state index is 13.6. The number of halogens is 3. The molecule has 0 saturated carbocycles. The molecule has 39 heavy (non-hydrogen) atoms. The molecule has 0 unspecified atom stereocenters. The number of aromatic nitrogens is 1. The van der Waals surface area contributed by atoms with Gasteiger partial charge in [0, 0.05) is 41.6 Å². The van der Waals surface area contributed by atoms with E-state index < -0.39 is 47.9 Å². The highest BCUT2D eigenvalue weighted by Crippen LogP contribution is 2.24. The van der Waals surface area contributed by atoms with Crippen LogP contribution in [-0.4, -0.2) is 45.8 Å². The number of phenols is 1. The molecule has 4 N–H and O–H groups in total. The number of phenolic OH excluding ortho intramolecular Hbond substituents is 1. The first-order valence-corrected chi connectivity index (χ1v) is 12.2. The van der Waals surface area contributed by atoms with E-state index in [1.165, 1.54) is 32.1 Å². The molecule has 0 bridgehead atoms. The fourth-order valence-electron chi connectivity index (χ4n) is 3.96. The molecule has 0 spiro atoms. The first-order valence-electron chi connectivity index (χ1n) is 12.2. The van der Waals surface area contributed by atoms with Crippen LogP contribution >= 0.6 is 0 Å². The van der Waals surface area contributed by atoms with Crippen molar-refractivity contribution in [1.29, 1.82) is 0 Å². The first-order chi connectivity index (χ1) is 18.4. The number of ether oxygens (including phenoxy) is 1. The predicted octanol–water partition coefficient (Wildman–Crippen LogP) is 5.30. The highest BCUT2D eigenvalue weighted by Gasteiger charge is 2.24. The van der Waals surface area contributed by atoms with Gasteiger partial charge in [-0.1, -0.05) is 42.5 Å². The second kappa shape index (κ2) is 13.1. The number of alkyl halides is 2. The zero-order valence-corrected chi connectivity index (χ0v) is 21.5. The van der Waals surface area contributed by atoms with Crippen LogP contribution in [0.15, 0.2) is 66.4 Å². The van der Waals surface area contributed by atoms with E-state index in [4.69, 9.17) is 4.74 Å². The van der Waals surface area contributed by atoms with Gasteiger partial charge in [0.1, 0.15) is 5.82 Å². The number of nitrogens with one attached hydrogen (secondary N) is 2. The van der Waals surface area contributed by atoms with E-state index in [1.807, 2.05) is 24.3 Å². The highest BCUT2D eigenvalue weighted by molar-refractivity contribution is 5.93. The summed E-state index contributed by atoms with van der Waals surface area (Å²) in [5, 5.41) is 26.7. The molecule has 0 saturated heterocycles. The van der Waals surface area contributed by atoms with Gasteiger partial charge in [-0.05, 0) is 37.8 Å². The minimum Gasteiger partial charge on any atom is -0.505 e. The number of aromatic hydroxyl groups is 1. The largest absolute Gasteiger partial charge is 0.505 e. The number of hydrogen-bond acceptors (Lipinski definition) is 6. The molecule has 0 radical (unpaired) electrons. The molecule has 0 fully saturated rings.